The van der Waals surface area contributed by atoms with Crippen LogP contribution in [0.25, 0.3) is 17.1 Å². The van der Waals surface area contributed by atoms with Crippen LogP contribution in [0.3, 0.4) is 0 Å². The molecule has 0 aliphatic carbocycles. The Balaban J connectivity index is 1.55. The van der Waals surface area contributed by atoms with Gasteiger partial charge in [0, 0.05) is 47.1 Å². The summed E-state index contributed by atoms with van der Waals surface area (Å²) in [5.74, 6) is 1.22. The molecule has 0 spiro atoms. The fraction of sp³-hybridized carbons (Fsp3) is 0.250. The number of carbonyl (C=O) groups is 1. The Morgan fingerprint density at radius 3 is 2.48 bits per heavy atom. The molecule has 0 saturated heterocycles. The number of aromatic nitrogens is 5. The number of ketones is 1. The molecule has 0 bridgehead atoms. The highest BCUT2D eigenvalue weighted by atomic mass is 32.2. The first-order valence-corrected chi connectivity index (χ1v) is 11.3. The number of hydrogen-bond acceptors (Lipinski definition) is 5. The molecule has 6 nitrogen and oxygen atoms in total. The van der Waals surface area contributed by atoms with Crippen molar-refractivity contribution in [3.05, 3.63) is 77.9 Å². The molecular formula is C24H25N5OS. The number of rotatable bonds is 8. The third kappa shape index (κ3) is 4.32. The van der Waals surface area contributed by atoms with Gasteiger partial charge in [-0.15, -0.1) is 10.2 Å². The Morgan fingerprint density at radius 1 is 1.03 bits per heavy atom. The van der Waals surface area contributed by atoms with Crippen LogP contribution in [0, 0.1) is 13.8 Å². The van der Waals surface area contributed by atoms with Crippen molar-refractivity contribution in [1.82, 2.24) is 24.3 Å². The molecule has 0 N–H and O–H groups in total. The smallest absolute Gasteiger partial charge is 0.191 e. The van der Waals surface area contributed by atoms with Crippen molar-refractivity contribution >= 4 is 17.5 Å². The number of Topliss-reactive ketones (excluding diaryl/α,β-unsaturated/α-hetero) is 1. The van der Waals surface area contributed by atoms with E-state index in [0.29, 0.717) is 5.75 Å². The number of aryl methyl sites for hydroxylation is 1. The zero-order valence-corrected chi connectivity index (χ0v) is 18.8. The Kier molecular flexibility index (Phi) is 6.32. The van der Waals surface area contributed by atoms with Gasteiger partial charge in [0.2, 0.25) is 0 Å². The third-order valence-corrected chi connectivity index (χ3v) is 6.15. The maximum atomic E-state index is 13.1. The van der Waals surface area contributed by atoms with Crippen LogP contribution in [0.2, 0.25) is 0 Å². The monoisotopic (exact) mass is 431 g/mol. The zero-order chi connectivity index (χ0) is 21.8. The molecule has 7 heteroatoms. The predicted octanol–water partition coefficient (Wildman–Crippen LogP) is 5.13. The van der Waals surface area contributed by atoms with Crippen molar-refractivity contribution in [3.8, 4) is 17.1 Å². The molecule has 0 saturated carbocycles. The van der Waals surface area contributed by atoms with E-state index < -0.39 is 0 Å². The van der Waals surface area contributed by atoms with Crippen LogP contribution in [0.1, 0.15) is 35.1 Å². The Morgan fingerprint density at radius 2 is 1.77 bits per heavy atom. The first-order valence-electron chi connectivity index (χ1n) is 10.3. The lowest BCUT2D eigenvalue weighted by Gasteiger charge is -2.10. The summed E-state index contributed by atoms with van der Waals surface area (Å²) in [7, 11) is 0. The normalized spacial score (nSPS) is 11.1. The molecule has 4 rings (SSSR count). The average Bonchev–Trinajstić information content (AvgIpc) is 3.33. The molecule has 0 aliphatic rings. The second-order valence-electron chi connectivity index (χ2n) is 7.36. The number of hydrogen-bond donors (Lipinski definition) is 0. The zero-order valence-electron chi connectivity index (χ0n) is 17.9. The lowest BCUT2D eigenvalue weighted by Crippen LogP contribution is -2.07. The Hall–Kier alpha value is -3.19. The van der Waals surface area contributed by atoms with Crippen LogP contribution < -0.4 is 0 Å². The molecule has 0 atom stereocenters. The quantitative estimate of drug-likeness (QED) is 0.286. The van der Waals surface area contributed by atoms with E-state index >= 15 is 0 Å². The molecule has 0 unspecified atom stereocenters. The van der Waals surface area contributed by atoms with Gasteiger partial charge in [0.15, 0.2) is 16.8 Å². The summed E-state index contributed by atoms with van der Waals surface area (Å²) < 4.78 is 4.21. The minimum atomic E-state index is 0.0943. The second-order valence-corrected chi connectivity index (χ2v) is 8.30. The Bertz CT molecular complexity index is 1180. The van der Waals surface area contributed by atoms with E-state index in [0.717, 1.165) is 52.1 Å². The molecular weight excluding hydrogens is 406 g/mol. The summed E-state index contributed by atoms with van der Waals surface area (Å²) in [6.07, 6.45) is 4.45. The van der Waals surface area contributed by atoms with Gasteiger partial charge in [0.1, 0.15) is 0 Å². The molecule has 0 aliphatic heterocycles. The lowest BCUT2D eigenvalue weighted by molar-refractivity contribution is 0.102. The summed E-state index contributed by atoms with van der Waals surface area (Å²) in [5.41, 5.74) is 4.80. The van der Waals surface area contributed by atoms with Crippen molar-refractivity contribution in [2.24, 2.45) is 0 Å². The van der Waals surface area contributed by atoms with Gasteiger partial charge >= 0.3 is 0 Å². The highest BCUT2D eigenvalue weighted by Gasteiger charge is 2.19. The number of benzene rings is 1. The van der Waals surface area contributed by atoms with E-state index in [1.54, 1.807) is 12.4 Å². The number of nitrogens with zero attached hydrogens (tertiary/aromatic N) is 5. The molecule has 0 amide bonds. The van der Waals surface area contributed by atoms with Crippen LogP contribution in [0.4, 0.5) is 0 Å². The van der Waals surface area contributed by atoms with E-state index in [-0.39, 0.29) is 5.78 Å². The van der Waals surface area contributed by atoms with Gasteiger partial charge in [0.25, 0.3) is 0 Å². The molecule has 31 heavy (non-hydrogen) atoms. The predicted molar refractivity (Wildman–Crippen MR) is 124 cm³/mol. The van der Waals surface area contributed by atoms with E-state index in [9.17, 15) is 4.79 Å². The van der Waals surface area contributed by atoms with Gasteiger partial charge in [-0.25, -0.2) is 0 Å². The maximum absolute atomic E-state index is 13.1. The number of thioether (sulfide) groups is 1. The number of pyridine rings is 1. The van der Waals surface area contributed by atoms with Gasteiger partial charge in [0.05, 0.1) is 5.75 Å². The molecule has 3 aromatic heterocycles. The highest BCUT2D eigenvalue weighted by Crippen LogP contribution is 2.26. The standard InChI is InChI=1S/C24H25N5OS/c1-4-14-28-23(19-10-12-25-13-11-19)26-27-24(28)31-16-22(30)21-15-17(2)29(18(21)3)20-8-6-5-7-9-20/h5-13,15H,4,14,16H2,1-3H3. The average molecular weight is 432 g/mol. The first kappa shape index (κ1) is 21.1. The topological polar surface area (TPSA) is 65.6 Å². The van der Waals surface area contributed by atoms with E-state index in [1.807, 2.05) is 50.2 Å². The summed E-state index contributed by atoms with van der Waals surface area (Å²) >= 11 is 1.44. The van der Waals surface area contributed by atoms with Crippen LogP contribution >= 0.6 is 11.8 Å². The second kappa shape index (κ2) is 9.31. The largest absolute Gasteiger partial charge is 0.318 e. The number of para-hydroxylation sites is 1. The van der Waals surface area contributed by atoms with Gasteiger partial charge in [-0.05, 0) is 50.6 Å². The summed E-state index contributed by atoms with van der Waals surface area (Å²) in [5, 5.41) is 9.51. The molecule has 158 valence electrons. The van der Waals surface area contributed by atoms with E-state index in [1.165, 1.54) is 11.8 Å². The van der Waals surface area contributed by atoms with Crippen molar-refractivity contribution < 1.29 is 4.79 Å². The van der Waals surface area contributed by atoms with Gasteiger partial charge in [-0.2, -0.15) is 0 Å². The first-order chi connectivity index (χ1) is 15.1. The summed E-state index contributed by atoms with van der Waals surface area (Å²) in [6.45, 7) is 6.94. The van der Waals surface area contributed by atoms with Crippen LogP contribution in [-0.4, -0.2) is 35.9 Å². The molecule has 3 heterocycles. The van der Waals surface area contributed by atoms with Crippen molar-refractivity contribution in [3.63, 3.8) is 0 Å². The third-order valence-electron chi connectivity index (χ3n) is 5.18. The molecule has 1 aromatic carbocycles. The summed E-state index contributed by atoms with van der Waals surface area (Å²) in [6, 6.07) is 15.9. The summed E-state index contributed by atoms with van der Waals surface area (Å²) in [4.78, 5) is 17.2. The SMILES string of the molecule is CCCn1c(SCC(=O)c2cc(C)n(-c3ccccc3)c2C)nnc1-c1ccncc1. The van der Waals surface area contributed by atoms with Gasteiger partial charge < -0.3 is 9.13 Å². The van der Waals surface area contributed by atoms with Crippen LogP contribution in [0.5, 0.6) is 0 Å². The van der Waals surface area contributed by atoms with Crippen molar-refractivity contribution in [2.45, 2.75) is 38.9 Å². The lowest BCUT2D eigenvalue weighted by atomic mass is 10.2. The minimum absolute atomic E-state index is 0.0943. The fourth-order valence-electron chi connectivity index (χ4n) is 3.76. The minimum Gasteiger partial charge on any atom is -0.318 e. The molecule has 0 fully saturated rings. The van der Waals surface area contributed by atoms with Gasteiger partial charge in [-0.3, -0.25) is 9.78 Å². The highest BCUT2D eigenvalue weighted by molar-refractivity contribution is 7.99. The van der Waals surface area contributed by atoms with E-state index in [2.05, 4.69) is 43.4 Å². The van der Waals surface area contributed by atoms with Crippen LogP contribution in [-0.2, 0) is 6.54 Å². The molecule has 4 aromatic rings. The fourth-order valence-corrected chi connectivity index (χ4v) is 4.61. The van der Waals surface area contributed by atoms with Crippen molar-refractivity contribution in [1.29, 1.82) is 0 Å². The maximum Gasteiger partial charge on any atom is 0.191 e. The molecule has 0 radical (unpaired) electrons. The van der Waals surface area contributed by atoms with Crippen LogP contribution in [0.15, 0.2) is 66.1 Å². The van der Waals surface area contributed by atoms with Crippen molar-refractivity contribution in [2.75, 3.05) is 5.75 Å². The van der Waals surface area contributed by atoms with E-state index in [4.69, 9.17) is 0 Å². The number of carbonyl (C=O) groups excluding carboxylic acids is 1. The Labute approximate surface area is 186 Å². The van der Waals surface area contributed by atoms with Gasteiger partial charge in [-0.1, -0.05) is 36.9 Å².